The monoisotopic (exact) mass is 524 g/mol. The van der Waals surface area contributed by atoms with Crippen LogP contribution in [0.3, 0.4) is 0 Å². The van der Waals surface area contributed by atoms with Crippen molar-refractivity contribution in [2.45, 2.75) is 76.7 Å². The molecule has 3 saturated carbocycles. The Morgan fingerprint density at radius 3 is 2.58 bits per heavy atom. The number of carbonyl (C=O) groups excluding carboxylic acids is 3. The first-order valence-electron chi connectivity index (χ1n) is 13.6. The van der Waals surface area contributed by atoms with Crippen LogP contribution in [-0.4, -0.2) is 51.7 Å². The summed E-state index contributed by atoms with van der Waals surface area (Å²) in [7, 11) is 0. The van der Waals surface area contributed by atoms with E-state index in [4.69, 9.17) is 4.74 Å². The molecule has 0 radical (unpaired) electrons. The van der Waals surface area contributed by atoms with Crippen molar-refractivity contribution in [1.82, 2.24) is 0 Å². The molecule has 0 aliphatic heterocycles. The fourth-order valence-electron chi connectivity index (χ4n) is 8.36. The number of carbonyl (C=O) groups is 3. The number of benzene rings is 1. The molecule has 4 aliphatic carbocycles. The maximum Gasteiger partial charge on any atom is 0.306 e. The van der Waals surface area contributed by atoms with Gasteiger partial charge < -0.3 is 14.9 Å². The molecule has 0 bridgehead atoms. The van der Waals surface area contributed by atoms with Crippen molar-refractivity contribution in [3.63, 3.8) is 0 Å². The standard InChI is InChI=1S/C31H37FO6/c1-19-15-24-23-11-10-21-16-22(33)13-14-28(21,2)30(23,32)25(34)17-29(24,3)31(19,37)26(35)18-38-27(36)12-9-20-7-5-4-6-8-20/h4-8,13-14,16,19,23-25,34,37H,9-12,15,17-18H2,1-3H3/t19-,23+,24+,25+,28+,29+,30?,31+/m1/s1. The van der Waals surface area contributed by atoms with Gasteiger partial charge in [-0.1, -0.05) is 55.8 Å². The second kappa shape index (κ2) is 9.23. The Labute approximate surface area is 223 Å². The maximum atomic E-state index is 17.2. The summed E-state index contributed by atoms with van der Waals surface area (Å²) in [6.07, 6.45) is 4.84. The van der Waals surface area contributed by atoms with Crippen molar-refractivity contribution in [1.29, 1.82) is 0 Å². The molecule has 1 unspecified atom stereocenters. The van der Waals surface area contributed by atoms with E-state index in [1.165, 1.54) is 12.2 Å². The van der Waals surface area contributed by atoms with Gasteiger partial charge >= 0.3 is 5.97 Å². The van der Waals surface area contributed by atoms with Gasteiger partial charge in [-0.2, -0.15) is 0 Å². The number of Topliss-reactive ketones (excluding diaryl/α,β-unsaturated/α-hetero) is 1. The number of esters is 1. The number of allylic oxidation sites excluding steroid dienone is 4. The third kappa shape index (κ3) is 3.69. The molecule has 0 amide bonds. The van der Waals surface area contributed by atoms with Gasteiger partial charge in [0.05, 0.1) is 6.10 Å². The summed E-state index contributed by atoms with van der Waals surface area (Å²) in [4.78, 5) is 37.9. The predicted molar refractivity (Wildman–Crippen MR) is 139 cm³/mol. The van der Waals surface area contributed by atoms with Crippen LogP contribution in [0.15, 0.2) is 54.1 Å². The van der Waals surface area contributed by atoms with Crippen molar-refractivity contribution in [3.8, 4) is 0 Å². The first-order valence-corrected chi connectivity index (χ1v) is 13.6. The Hall–Kier alpha value is -2.64. The summed E-state index contributed by atoms with van der Waals surface area (Å²) < 4.78 is 22.5. The minimum atomic E-state index is -2.03. The van der Waals surface area contributed by atoms with Crippen molar-refractivity contribution in [2.24, 2.45) is 28.6 Å². The van der Waals surface area contributed by atoms with E-state index in [2.05, 4.69) is 0 Å². The van der Waals surface area contributed by atoms with Crippen LogP contribution in [-0.2, 0) is 25.5 Å². The van der Waals surface area contributed by atoms with E-state index in [9.17, 15) is 24.6 Å². The van der Waals surface area contributed by atoms with Gasteiger partial charge in [0, 0.05) is 23.2 Å². The summed E-state index contributed by atoms with van der Waals surface area (Å²) in [6, 6.07) is 9.48. The van der Waals surface area contributed by atoms with Crippen LogP contribution in [0.2, 0.25) is 0 Å². The van der Waals surface area contributed by atoms with Crippen molar-refractivity contribution >= 4 is 17.5 Å². The Balaban J connectivity index is 1.35. The largest absolute Gasteiger partial charge is 0.458 e. The normalized spacial score (nSPS) is 41.5. The van der Waals surface area contributed by atoms with Crippen LogP contribution < -0.4 is 0 Å². The molecule has 0 spiro atoms. The second-order valence-electron chi connectivity index (χ2n) is 12.2. The number of hydrogen-bond donors (Lipinski definition) is 2. The summed E-state index contributed by atoms with van der Waals surface area (Å²) in [5.41, 5.74) is -4.45. The third-order valence-electron chi connectivity index (χ3n) is 10.5. The SMILES string of the molecule is C[C@@H]1C[C@H]2[C@@H]3CCC4=CC(=O)C=C[C@]4(C)C3(F)[C@@H](O)C[C@]2(C)[C@@]1(O)C(=O)COC(=O)CCc1ccccc1. The molecule has 7 heteroatoms. The van der Waals surface area contributed by atoms with E-state index in [0.29, 0.717) is 31.3 Å². The summed E-state index contributed by atoms with van der Waals surface area (Å²) in [6.45, 7) is 4.73. The van der Waals surface area contributed by atoms with Gasteiger partial charge in [-0.25, -0.2) is 4.39 Å². The molecule has 0 heterocycles. The molecule has 0 aromatic heterocycles. The summed E-state index contributed by atoms with van der Waals surface area (Å²) in [5.74, 6) is -2.78. The topological polar surface area (TPSA) is 101 Å². The van der Waals surface area contributed by atoms with Crippen LogP contribution in [0.5, 0.6) is 0 Å². The number of aliphatic hydroxyl groups excluding tert-OH is 1. The molecule has 1 aromatic carbocycles. The zero-order valence-electron chi connectivity index (χ0n) is 22.3. The fraction of sp³-hybridized carbons (Fsp3) is 0.581. The van der Waals surface area contributed by atoms with Gasteiger partial charge in [0.2, 0.25) is 5.78 Å². The number of alkyl halides is 1. The Bertz CT molecular complexity index is 1210. The lowest BCUT2D eigenvalue weighted by molar-refractivity contribution is -0.220. The zero-order chi connectivity index (χ0) is 27.5. The number of rotatable bonds is 6. The molecule has 0 saturated heterocycles. The molecule has 2 N–H and O–H groups in total. The number of halogens is 1. The van der Waals surface area contributed by atoms with E-state index in [1.807, 2.05) is 30.3 Å². The zero-order valence-corrected chi connectivity index (χ0v) is 22.3. The minimum absolute atomic E-state index is 0.107. The minimum Gasteiger partial charge on any atom is -0.458 e. The lowest BCUT2D eigenvalue weighted by atomic mass is 9.44. The number of ketones is 2. The lowest BCUT2D eigenvalue weighted by Gasteiger charge is -2.62. The van der Waals surface area contributed by atoms with Gasteiger partial charge in [-0.15, -0.1) is 0 Å². The van der Waals surface area contributed by atoms with Crippen LogP contribution >= 0.6 is 0 Å². The summed E-state index contributed by atoms with van der Waals surface area (Å²) in [5, 5.41) is 23.4. The smallest absolute Gasteiger partial charge is 0.306 e. The van der Waals surface area contributed by atoms with Gasteiger partial charge in [0.1, 0.15) is 5.60 Å². The number of aryl methyl sites for hydroxylation is 1. The highest BCUT2D eigenvalue weighted by molar-refractivity contribution is 6.01. The Kier molecular flexibility index (Phi) is 6.55. The molecule has 8 atom stereocenters. The second-order valence-corrected chi connectivity index (χ2v) is 12.2. The van der Waals surface area contributed by atoms with Crippen LogP contribution in [0, 0.1) is 28.6 Å². The number of aliphatic hydroxyl groups is 2. The fourth-order valence-corrected chi connectivity index (χ4v) is 8.36. The number of hydrogen-bond acceptors (Lipinski definition) is 6. The average Bonchev–Trinajstić information content (AvgIpc) is 3.09. The third-order valence-corrected chi connectivity index (χ3v) is 10.5. The molecule has 3 fully saturated rings. The van der Waals surface area contributed by atoms with Gasteiger partial charge in [0.25, 0.3) is 0 Å². The molecular weight excluding hydrogens is 487 g/mol. The van der Waals surface area contributed by atoms with Crippen molar-refractivity contribution in [3.05, 3.63) is 59.7 Å². The molecule has 4 aliphatic rings. The van der Waals surface area contributed by atoms with E-state index in [-0.39, 0.29) is 24.5 Å². The number of ether oxygens (including phenoxy) is 1. The maximum absolute atomic E-state index is 17.2. The van der Waals surface area contributed by atoms with Crippen molar-refractivity contribution < 1.29 is 33.7 Å². The first kappa shape index (κ1) is 26.9. The van der Waals surface area contributed by atoms with E-state index < -0.39 is 58.4 Å². The van der Waals surface area contributed by atoms with Crippen LogP contribution in [0.4, 0.5) is 4.39 Å². The average molecular weight is 525 g/mol. The molecular formula is C31H37FO6. The van der Waals surface area contributed by atoms with E-state index in [0.717, 1.165) is 5.56 Å². The molecule has 5 rings (SSSR count). The quantitative estimate of drug-likeness (QED) is 0.544. The Morgan fingerprint density at radius 2 is 1.87 bits per heavy atom. The highest BCUT2D eigenvalue weighted by atomic mass is 19.1. The van der Waals surface area contributed by atoms with Crippen molar-refractivity contribution in [2.75, 3.05) is 6.61 Å². The van der Waals surface area contributed by atoms with E-state index >= 15 is 4.39 Å². The van der Waals surface area contributed by atoms with Crippen LogP contribution in [0.25, 0.3) is 0 Å². The van der Waals surface area contributed by atoms with E-state index in [1.54, 1.807) is 26.8 Å². The van der Waals surface area contributed by atoms with Gasteiger partial charge in [0.15, 0.2) is 18.1 Å². The number of fused-ring (bicyclic) bond motifs is 5. The highest BCUT2D eigenvalue weighted by Gasteiger charge is 2.75. The molecule has 1 aromatic rings. The lowest BCUT2D eigenvalue weighted by Crippen LogP contribution is -2.69. The first-order chi connectivity index (χ1) is 17.9. The van der Waals surface area contributed by atoms with Crippen LogP contribution in [0.1, 0.15) is 58.4 Å². The summed E-state index contributed by atoms with van der Waals surface area (Å²) >= 11 is 0. The molecule has 204 valence electrons. The Morgan fingerprint density at radius 1 is 1.16 bits per heavy atom. The molecule has 6 nitrogen and oxygen atoms in total. The van der Waals surface area contributed by atoms with Gasteiger partial charge in [-0.05, 0) is 68.6 Å². The predicted octanol–water partition coefficient (Wildman–Crippen LogP) is 4.08. The molecule has 38 heavy (non-hydrogen) atoms. The van der Waals surface area contributed by atoms with Gasteiger partial charge in [-0.3, -0.25) is 14.4 Å². The highest BCUT2D eigenvalue weighted by Crippen LogP contribution is 2.70.